The van der Waals surface area contributed by atoms with E-state index in [2.05, 4.69) is 9.72 Å². The number of pyridine rings is 1. The lowest BCUT2D eigenvalue weighted by Gasteiger charge is -2.07. The molecule has 1 rings (SSSR count). The molecule has 0 saturated carbocycles. The highest BCUT2D eigenvalue weighted by Crippen LogP contribution is 2.24. The highest BCUT2D eigenvalue weighted by molar-refractivity contribution is 6.31. The van der Waals surface area contributed by atoms with Gasteiger partial charge in [-0.1, -0.05) is 11.6 Å². The average molecular weight is 213 g/mol. The Bertz CT molecular complexity index is 315. The van der Waals surface area contributed by atoms with Crippen LogP contribution in [-0.4, -0.2) is 11.3 Å². The van der Waals surface area contributed by atoms with Crippen LogP contribution in [0, 0.1) is 0 Å². The molecule has 0 amide bonds. The quantitative estimate of drug-likeness (QED) is 0.726. The van der Waals surface area contributed by atoms with Crippen molar-refractivity contribution in [1.82, 2.24) is 4.98 Å². The zero-order valence-corrected chi connectivity index (χ0v) is 6.86. The summed E-state index contributed by atoms with van der Waals surface area (Å²) in [7, 11) is 0. The monoisotopic (exact) mass is 212 g/mol. The number of ether oxygens (including phenoxy) is 1. The number of nitrogen functional groups attached to an aromatic ring is 1. The molecule has 0 aliphatic carbocycles. The Balaban J connectivity index is 2.86. The summed E-state index contributed by atoms with van der Waals surface area (Å²) >= 11 is 5.36. The molecule has 0 aliphatic rings. The molecule has 1 heterocycles. The standard InChI is InChI=1S/C6H4ClF3N2O/c7-5-3(11)1-2-4(12-5)13-6(8,9)10/h1-2H,11H2. The summed E-state index contributed by atoms with van der Waals surface area (Å²) in [5, 5.41) is -0.221. The van der Waals surface area contributed by atoms with Gasteiger partial charge in [-0.15, -0.1) is 13.2 Å². The average Bonchev–Trinajstić information content (AvgIpc) is 1.94. The van der Waals surface area contributed by atoms with Crippen LogP contribution in [0.3, 0.4) is 0 Å². The van der Waals surface area contributed by atoms with Crippen LogP contribution >= 0.6 is 11.6 Å². The van der Waals surface area contributed by atoms with Crippen molar-refractivity contribution in [3.8, 4) is 5.88 Å². The number of nitrogens with two attached hydrogens (primary N) is 1. The lowest BCUT2D eigenvalue weighted by molar-refractivity contribution is -0.276. The minimum atomic E-state index is -4.77. The number of aromatic nitrogens is 1. The van der Waals surface area contributed by atoms with Crippen molar-refractivity contribution >= 4 is 17.3 Å². The minimum absolute atomic E-state index is 0.0937. The van der Waals surface area contributed by atoms with Crippen LogP contribution < -0.4 is 10.5 Å². The van der Waals surface area contributed by atoms with E-state index in [4.69, 9.17) is 17.3 Å². The zero-order chi connectivity index (χ0) is 10.1. The van der Waals surface area contributed by atoms with Gasteiger partial charge in [0.05, 0.1) is 5.69 Å². The first-order valence-corrected chi connectivity index (χ1v) is 3.44. The molecule has 2 N–H and O–H groups in total. The molecule has 7 heteroatoms. The molecule has 0 unspecified atom stereocenters. The number of anilines is 1. The van der Waals surface area contributed by atoms with Crippen molar-refractivity contribution < 1.29 is 17.9 Å². The lowest BCUT2D eigenvalue weighted by atomic mass is 10.4. The molecule has 0 radical (unpaired) electrons. The maximum absolute atomic E-state index is 11.6. The number of alkyl halides is 3. The summed E-state index contributed by atoms with van der Waals surface area (Å²) in [5.41, 5.74) is 5.31. The van der Waals surface area contributed by atoms with Crippen molar-refractivity contribution in [2.45, 2.75) is 6.36 Å². The van der Waals surface area contributed by atoms with E-state index in [1.165, 1.54) is 6.07 Å². The second-order valence-electron chi connectivity index (χ2n) is 2.08. The molecule has 13 heavy (non-hydrogen) atoms. The summed E-state index contributed by atoms with van der Waals surface area (Å²) in [5.74, 6) is -0.633. The van der Waals surface area contributed by atoms with E-state index in [0.717, 1.165) is 6.07 Å². The van der Waals surface area contributed by atoms with Gasteiger partial charge in [-0.05, 0) is 6.07 Å². The first-order chi connectivity index (χ1) is 5.88. The number of nitrogens with zero attached hydrogens (tertiary/aromatic N) is 1. The Morgan fingerprint density at radius 1 is 1.38 bits per heavy atom. The van der Waals surface area contributed by atoms with Crippen LogP contribution in [0.4, 0.5) is 18.9 Å². The molecule has 1 aromatic heterocycles. The molecule has 0 saturated heterocycles. The molecule has 0 atom stereocenters. The van der Waals surface area contributed by atoms with Crippen LogP contribution in [-0.2, 0) is 0 Å². The fraction of sp³-hybridized carbons (Fsp3) is 0.167. The van der Waals surface area contributed by atoms with Gasteiger partial charge in [0.15, 0.2) is 5.15 Å². The third-order valence-electron chi connectivity index (χ3n) is 1.07. The van der Waals surface area contributed by atoms with Crippen molar-refractivity contribution in [3.05, 3.63) is 17.3 Å². The second kappa shape index (κ2) is 3.29. The van der Waals surface area contributed by atoms with E-state index in [9.17, 15) is 13.2 Å². The Labute approximate surface area is 76.3 Å². The fourth-order valence-corrected chi connectivity index (χ4v) is 0.750. The summed E-state index contributed by atoms with van der Waals surface area (Å²) < 4.78 is 38.4. The summed E-state index contributed by atoms with van der Waals surface area (Å²) in [6, 6.07) is 2.16. The predicted molar refractivity (Wildman–Crippen MR) is 40.3 cm³/mol. The molecular weight excluding hydrogens is 209 g/mol. The Kier molecular flexibility index (Phi) is 2.51. The largest absolute Gasteiger partial charge is 0.574 e. The third-order valence-corrected chi connectivity index (χ3v) is 1.38. The Morgan fingerprint density at radius 3 is 2.46 bits per heavy atom. The first-order valence-electron chi connectivity index (χ1n) is 3.06. The molecule has 0 fully saturated rings. The maximum atomic E-state index is 11.6. The molecule has 0 aromatic carbocycles. The van der Waals surface area contributed by atoms with Gasteiger partial charge in [0.2, 0.25) is 5.88 Å². The number of rotatable bonds is 1. The van der Waals surface area contributed by atoms with Crippen LogP contribution in [0.2, 0.25) is 5.15 Å². The Hall–Kier alpha value is -1.17. The van der Waals surface area contributed by atoms with Crippen LogP contribution in [0.1, 0.15) is 0 Å². The van der Waals surface area contributed by atoms with E-state index in [0.29, 0.717) is 0 Å². The minimum Gasteiger partial charge on any atom is -0.396 e. The molecule has 0 spiro atoms. The lowest BCUT2D eigenvalue weighted by Crippen LogP contribution is -2.18. The molecule has 72 valence electrons. The second-order valence-corrected chi connectivity index (χ2v) is 2.44. The highest BCUT2D eigenvalue weighted by Gasteiger charge is 2.31. The van der Waals surface area contributed by atoms with Crippen LogP contribution in [0.15, 0.2) is 12.1 Å². The fourth-order valence-electron chi connectivity index (χ4n) is 0.604. The van der Waals surface area contributed by atoms with E-state index in [1.54, 1.807) is 0 Å². The smallest absolute Gasteiger partial charge is 0.396 e. The Morgan fingerprint density at radius 2 is 2.00 bits per heavy atom. The van der Waals surface area contributed by atoms with Gasteiger partial charge in [0, 0.05) is 6.07 Å². The predicted octanol–water partition coefficient (Wildman–Crippen LogP) is 2.22. The van der Waals surface area contributed by atoms with Crippen LogP contribution in [0.5, 0.6) is 5.88 Å². The molecular formula is C6H4ClF3N2O. The normalized spacial score (nSPS) is 11.4. The summed E-state index contributed by atoms with van der Waals surface area (Å²) in [6.07, 6.45) is -4.77. The molecule has 1 aromatic rings. The van der Waals surface area contributed by atoms with Gasteiger partial charge in [0.1, 0.15) is 0 Å². The van der Waals surface area contributed by atoms with Gasteiger partial charge in [-0.25, -0.2) is 0 Å². The zero-order valence-electron chi connectivity index (χ0n) is 6.10. The molecule has 3 nitrogen and oxygen atoms in total. The maximum Gasteiger partial charge on any atom is 0.574 e. The van der Waals surface area contributed by atoms with Crippen molar-refractivity contribution in [2.24, 2.45) is 0 Å². The van der Waals surface area contributed by atoms with Gasteiger partial charge < -0.3 is 10.5 Å². The number of hydrogen-bond donors (Lipinski definition) is 1. The highest BCUT2D eigenvalue weighted by atomic mass is 35.5. The molecule has 0 aliphatic heterocycles. The number of halogens is 4. The SMILES string of the molecule is Nc1ccc(OC(F)(F)F)nc1Cl. The van der Waals surface area contributed by atoms with Gasteiger partial charge in [0.25, 0.3) is 0 Å². The number of hydrogen-bond acceptors (Lipinski definition) is 3. The first kappa shape index (κ1) is 9.91. The van der Waals surface area contributed by atoms with E-state index in [1.807, 2.05) is 0 Å². The van der Waals surface area contributed by atoms with Crippen molar-refractivity contribution in [3.63, 3.8) is 0 Å². The van der Waals surface area contributed by atoms with Gasteiger partial charge in [-0.2, -0.15) is 4.98 Å². The van der Waals surface area contributed by atoms with Crippen molar-refractivity contribution in [2.75, 3.05) is 5.73 Å². The summed E-state index contributed by atoms with van der Waals surface area (Å²) in [4.78, 5) is 3.26. The van der Waals surface area contributed by atoms with E-state index < -0.39 is 12.2 Å². The van der Waals surface area contributed by atoms with Gasteiger partial charge in [-0.3, -0.25) is 0 Å². The molecule has 0 bridgehead atoms. The van der Waals surface area contributed by atoms with Gasteiger partial charge >= 0.3 is 6.36 Å². The third kappa shape index (κ3) is 2.98. The van der Waals surface area contributed by atoms with E-state index in [-0.39, 0.29) is 10.8 Å². The topological polar surface area (TPSA) is 48.1 Å². The summed E-state index contributed by atoms with van der Waals surface area (Å²) in [6.45, 7) is 0. The van der Waals surface area contributed by atoms with Crippen molar-refractivity contribution in [1.29, 1.82) is 0 Å². The van der Waals surface area contributed by atoms with E-state index >= 15 is 0 Å². The van der Waals surface area contributed by atoms with Crippen LogP contribution in [0.25, 0.3) is 0 Å².